The van der Waals surface area contributed by atoms with E-state index >= 15 is 0 Å². The van der Waals surface area contributed by atoms with Crippen molar-refractivity contribution >= 4 is 27.3 Å². The maximum absolute atomic E-state index is 12.8. The molecule has 0 radical (unpaired) electrons. The van der Waals surface area contributed by atoms with Crippen LogP contribution < -0.4 is 5.32 Å². The van der Waals surface area contributed by atoms with Gasteiger partial charge in [-0.3, -0.25) is 4.79 Å². The van der Waals surface area contributed by atoms with Crippen molar-refractivity contribution < 1.29 is 13.2 Å². The summed E-state index contributed by atoms with van der Waals surface area (Å²) in [5, 5.41) is 3.22. The Balaban J connectivity index is 2.30. The van der Waals surface area contributed by atoms with Gasteiger partial charge >= 0.3 is 0 Å². The van der Waals surface area contributed by atoms with E-state index in [2.05, 4.69) is 24.4 Å². The molecule has 2 aromatic carbocycles. The number of hydrogen-bond donors (Lipinski definition) is 1. The Morgan fingerprint density at radius 1 is 1.11 bits per heavy atom. The van der Waals surface area contributed by atoms with Crippen LogP contribution >= 0.6 is 11.6 Å². The van der Waals surface area contributed by atoms with E-state index in [1.54, 1.807) is 0 Å². The predicted molar refractivity (Wildman–Crippen MR) is 110 cm³/mol. The minimum atomic E-state index is -3.42. The molecule has 27 heavy (non-hydrogen) atoms. The van der Waals surface area contributed by atoms with E-state index in [1.807, 2.05) is 26.0 Å². The molecular weight excluding hydrogens is 382 g/mol. The summed E-state index contributed by atoms with van der Waals surface area (Å²) >= 11 is 6.15. The van der Waals surface area contributed by atoms with Gasteiger partial charge in [0.05, 0.1) is 21.5 Å². The topological polar surface area (TPSA) is 63.2 Å². The average Bonchev–Trinajstić information content (AvgIpc) is 2.59. The second-order valence-corrected chi connectivity index (χ2v) is 9.52. The number of carbonyl (C=O) groups is 1. The summed E-state index contributed by atoms with van der Waals surface area (Å²) in [7, 11) is -3.42. The maximum Gasteiger partial charge on any atom is 0.253 e. The highest BCUT2D eigenvalue weighted by Gasteiger charge is 2.22. The molecule has 6 heteroatoms. The number of benzene rings is 2. The van der Waals surface area contributed by atoms with Gasteiger partial charge in [-0.25, -0.2) is 8.42 Å². The molecule has 0 aliphatic carbocycles. The first-order chi connectivity index (χ1) is 12.6. The van der Waals surface area contributed by atoms with Crippen LogP contribution in [0.2, 0.25) is 5.02 Å². The Labute approximate surface area is 166 Å². The molecule has 1 amide bonds. The molecule has 0 saturated carbocycles. The number of carbonyl (C=O) groups excluding carboxylic acids is 1. The van der Waals surface area contributed by atoms with E-state index in [9.17, 15) is 13.2 Å². The van der Waals surface area contributed by atoms with Crippen LogP contribution in [0.25, 0.3) is 0 Å². The van der Waals surface area contributed by atoms with Gasteiger partial charge < -0.3 is 5.32 Å². The van der Waals surface area contributed by atoms with E-state index in [0.717, 1.165) is 24.7 Å². The summed E-state index contributed by atoms with van der Waals surface area (Å²) in [4.78, 5) is 12.9. The molecule has 146 valence electrons. The number of halogens is 1. The summed E-state index contributed by atoms with van der Waals surface area (Å²) in [6, 6.07) is 12.2. The Morgan fingerprint density at radius 2 is 1.74 bits per heavy atom. The van der Waals surface area contributed by atoms with Crippen molar-refractivity contribution in [3.8, 4) is 0 Å². The molecular formula is C21H26ClNO3S. The third-order valence-corrected chi connectivity index (χ3v) is 5.88. The van der Waals surface area contributed by atoms with Crippen molar-refractivity contribution in [3.63, 3.8) is 0 Å². The Hall–Kier alpha value is -1.85. The van der Waals surface area contributed by atoms with Crippen LogP contribution in [-0.4, -0.2) is 20.6 Å². The quantitative estimate of drug-likeness (QED) is 0.715. The lowest BCUT2D eigenvalue weighted by atomic mass is 9.94. The third-order valence-electron chi connectivity index (χ3n) is 4.44. The molecule has 1 N–H and O–H groups in total. The molecule has 2 aromatic rings. The Kier molecular flexibility index (Phi) is 7.06. The van der Waals surface area contributed by atoms with Gasteiger partial charge in [0.15, 0.2) is 9.84 Å². The van der Waals surface area contributed by atoms with E-state index in [4.69, 9.17) is 11.6 Å². The zero-order valence-corrected chi connectivity index (χ0v) is 17.7. The molecule has 1 atom stereocenters. The largest absolute Gasteiger partial charge is 0.345 e. The van der Waals surface area contributed by atoms with Crippen LogP contribution in [0, 0.1) is 5.92 Å². The minimum Gasteiger partial charge on any atom is -0.345 e. The number of amides is 1. The first-order valence-electron chi connectivity index (χ1n) is 9.02. The van der Waals surface area contributed by atoms with Crippen LogP contribution in [0.5, 0.6) is 0 Å². The Morgan fingerprint density at radius 3 is 2.26 bits per heavy atom. The number of aryl methyl sites for hydroxylation is 1. The molecule has 0 heterocycles. The van der Waals surface area contributed by atoms with Crippen molar-refractivity contribution in [1.29, 1.82) is 0 Å². The number of rotatable bonds is 7. The summed E-state index contributed by atoms with van der Waals surface area (Å²) < 4.78 is 23.6. The summed E-state index contributed by atoms with van der Waals surface area (Å²) in [6.07, 6.45) is 3.21. The fourth-order valence-electron chi connectivity index (χ4n) is 2.94. The first kappa shape index (κ1) is 21.5. The van der Waals surface area contributed by atoms with Gasteiger partial charge in [0.25, 0.3) is 5.91 Å². The van der Waals surface area contributed by atoms with Gasteiger partial charge in [-0.15, -0.1) is 0 Å². The van der Waals surface area contributed by atoms with Crippen LogP contribution in [0.3, 0.4) is 0 Å². The predicted octanol–water partition coefficient (Wildman–Crippen LogP) is 4.82. The van der Waals surface area contributed by atoms with Crippen LogP contribution in [0.4, 0.5) is 0 Å². The highest BCUT2D eigenvalue weighted by Crippen LogP contribution is 2.25. The van der Waals surface area contributed by atoms with Crippen LogP contribution in [-0.2, 0) is 16.3 Å². The minimum absolute atomic E-state index is 0.0714. The van der Waals surface area contributed by atoms with Gasteiger partial charge in [-0.1, -0.05) is 63.1 Å². The molecule has 0 fully saturated rings. The standard InChI is InChI=1S/C21H26ClNO3S/c1-5-6-15-7-9-16(10-8-15)20(14(2)3)23-21(24)18-13-17(27(4,25)26)11-12-19(18)22/h7-14,20H,5-6H2,1-4H3,(H,23,24). The van der Waals surface area contributed by atoms with Gasteiger partial charge in [0.2, 0.25) is 0 Å². The van der Waals surface area contributed by atoms with E-state index in [0.29, 0.717) is 0 Å². The SMILES string of the molecule is CCCc1ccc(C(NC(=O)c2cc(S(C)(=O)=O)ccc2Cl)C(C)C)cc1. The zero-order valence-electron chi connectivity index (χ0n) is 16.1. The van der Waals surface area contributed by atoms with Crippen LogP contribution in [0.15, 0.2) is 47.4 Å². The van der Waals surface area contributed by atoms with E-state index in [1.165, 1.54) is 23.8 Å². The molecule has 1 unspecified atom stereocenters. The van der Waals surface area contributed by atoms with Crippen LogP contribution in [0.1, 0.15) is 54.7 Å². The molecule has 2 rings (SSSR count). The monoisotopic (exact) mass is 407 g/mol. The molecule has 0 bridgehead atoms. The lowest BCUT2D eigenvalue weighted by Crippen LogP contribution is -2.32. The smallest absolute Gasteiger partial charge is 0.253 e. The zero-order chi connectivity index (χ0) is 20.2. The fourth-order valence-corrected chi connectivity index (χ4v) is 3.79. The van der Waals surface area contributed by atoms with Crippen molar-refractivity contribution in [2.75, 3.05) is 6.26 Å². The normalized spacial score (nSPS) is 12.8. The van der Waals surface area contributed by atoms with Gasteiger partial charge in [-0.05, 0) is 41.7 Å². The van der Waals surface area contributed by atoms with Gasteiger partial charge in [0, 0.05) is 6.26 Å². The number of hydrogen-bond acceptors (Lipinski definition) is 3. The first-order valence-corrected chi connectivity index (χ1v) is 11.3. The number of sulfone groups is 1. The summed E-state index contributed by atoms with van der Waals surface area (Å²) in [6.45, 7) is 6.19. The van der Waals surface area contributed by atoms with E-state index in [-0.39, 0.29) is 33.3 Å². The van der Waals surface area contributed by atoms with Gasteiger partial charge in [-0.2, -0.15) is 0 Å². The molecule has 0 aromatic heterocycles. The highest BCUT2D eigenvalue weighted by molar-refractivity contribution is 7.90. The Bertz CT molecular complexity index is 906. The molecule has 0 saturated heterocycles. The van der Waals surface area contributed by atoms with Crippen molar-refractivity contribution in [2.24, 2.45) is 5.92 Å². The number of nitrogens with one attached hydrogen (secondary N) is 1. The summed E-state index contributed by atoms with van der Waals surface area (Å²) in [5.41, 5.74) is 2.43. The second-order valence-electron chi connectivity index (χ2n) is 7.10. The second kappa shape index (κ2) is 8.89. The fraction of sp³-hybridized carbons (Fsp3) is 0.381. The van der Waals surface area contributed by atoms with Crippen molar-refractivity contribution in [3.05, 3.63) is 64.2 Å². The maximum atomic E-state index is 12.8. The third kappa shape index (κ3) is 5.56. The van der Waals surface area contributed by atoms with E-state index < -0.39 is 9.84 Å². The average molecular weight is 408 g/mol. The highest BCUT2D eigenvalue weighted by atomic mass is 35.5. The van der Waals surface area contributed by atoms with Crippen molar-refractivity contribution in [2.45, 2.75) is 44.6 Å². The molecule has 4 nitrogen and oxygen atoms in total. The molecule has 0 aliphatic rings. The van der Waals surface area contributed by atoms with Gasteiger partial charge in [0.1, 0.15) is 0 Å². The lowest BCUT2D eigenvalue weighted by molar-refractivity contribution is 0.0925. The summed E-state index contributed by atoms with van der Waals surface area (Å²) in [5.74, 6) is -0.232. The van der Waals surface area contributed by atoms with Crippen molar-refractivity contribution in [1.82, 2.24) is 5.32 Å². The molecule has 0 aliphatic heterocycles. The lowest BCUT2D eigenvalue weighted by Gasteiger charge is -2.23. The molecule has 0 spiro atoms.